The van der Waals surface area contributed by atoms with E-state index in [2.05, 4.69) is 5.32 Å². The highest BCUT2D eigenvalue weighted by molar-refractivity contribution is 5.96. The molecule has 0 aliphatic rings. The molecule has 36 heavy (non-hydrogen) atoms. The van der Waals surface area contributed by atoms with E-state index in [0.29, 0.717) is 34.3 Å². The monoisotopic (exact) mass is 495 g/mol. The van der Waals surface area contributed by atoms with E-state index in [0.717, 1.165) is 5.56 Å². The highest BCUT2D eigenvalue weighted by Crippen LogP contribution is 2.34. The Labute approximate surface area is 210 Å². The van der Waals surface area contributed by atoms with Crippen LogP contribution in [0.5, 0.6) is 11.5 Å². The largest absolute Gasteiger partial charge is 0.497 e. The van der Waals surface area contributed by atoms with Crippen LogP contribution in [0.4, 0.5) is 4.79 Å². The third-order valence-electron chi connectivity index (χ3n) is 5.86. The number of aryl methyl sites for hydroxylation is 1. The Morgan fingerprint density at radius 1 is 1.08 bits per heavy atom. The van der Waals surface area contributed by atoms with Crippen LogP contribution >= 0.6 is 0 Å². The smallest absolute Gasteiger partial charge is 0.408 e. The van der Waals surface area contributed by atoms with Crippen LogP contribution in [0, 0.1) is 12.8 Å². The molecule has 0 bridgehead atoms. The number of fused-ring (bicyclic) bond motifs is 1. The van der Waals surface area contributed by atoms with Crippen molar-refractivity contribution in [3.63, 3.8) is 0 Å². The maximum atomic E-state index is 13.1. The molecule has 0 fully saturated rings. The number of amides is 1. The number of carbonyl (C=O) groups is 2. The lowest BCUT2D eigenvalue weighted by molar-refractivity contribution is -0.138. The number of alkyl carbamates (subject to hydrolysis) is 1. The van der Waals surface area contributed by atoms with Crippen molar-refractivity contribution in [3.05, 3.63) is 58.4 Å². The fourth-order valence-corrected chi connectivity index (χ4v) is 3.74. The molecule has 1 heterocycles. The molecule has 0 aliphatic carbocycles. The van der Waals surface area contributed by atoms with E-state index in [-0.39, 0.29) is 11.7 Å². The Hall–Kier alpha value is -3.81. The molecule has 2 atom stereocenters. The summed E-state index contributed by atoms with van der Waals surface area (Å²) >= 11 is 0. The average Bonchev–Trinajstić information content (AvgIpc) is 2.82. The van der Waals surface area contributed by atoms with Crippen molar-refractivity contribution in [2.24, 2.45) is 5.92 Å². The van der Waals surface area contributed by atoms with Gasteiger partial charge < -0.3 is 23.9 Å². The summed E-state index contributed by atoms with van der Waals surface area (Å²) in [5.74, 6) is 0.103. The molecule has 3 aromatic rings. The van der Waals surface area contributed by atoms with Gasteiger partial charge in [-0.05, 0) is 69.0 Å². The first-order chi connectivity index (χ1) is 16.9. The maximum Gasteiger partial charge on any atom is 0.408 e. The Bertz CT molecular complexity index is 1300. The first kappa shape index (κ1) is 26.8. The summed E-state index contributed by atoms with van der Waals surface area (Å²) in [5.41, 5.74) is 1.09. The first-order valence-electron chi connectivity index (χ1n) is 11.9. The lowest BCUT2D eigenvalue weighted by Crippen LogP contribution is -2.48. The number of rotatable bonds is 7. The zero-order valence-electron chi connectivity index (χ0n) is 21.8. The molecule has 1 amide bonds. The van der Waals surface area contributed by atoms with Crippen LogP contribution in [0.2, 0.25) is 0 Å². The van der Waals surface area contributed by atoms with E-state index < -0.39 is 29.3 Å². The van der Waals surface area contributed by atoms with E-state index >= 15 is 0 Å². The molecule has 3 rings (SSSR count). The third-order valence-corrected chi connectivity index (χ3v) is 5.86. The van der Waals surface area contributed by atoms with E-state index in [1.54, 1.807) is 46.9 Å². The van der Waals surface area contributed by atoms with Crippen LogP contribution in [0.15, 0.2) is 51.7 Å². The van der Waals surface area contributed by atoms with Gasteiger partial charge in [0.15, 0.2) is 0 Å². The number of ether oxygens (including phenoxy) is 3. The quantitative estimate of drug-likeness (QED) is 0.258. The SMILES string of the molecule is CC[C@@H](C)[C@H](NC(=O)OC(C)(C)C)C(=O)Oc1ccc2c(-c3ccc(OC)cc3)cc(=O)oc2c1C. The summed E-state index contributed by atoms with van der Waals surface area (Å²) in [5, 5.41) is 3.33. The highest BCUT2D eigenvalue weighted by Gasteiger charge is 2.30. The second kappa shape index (κ2) is 10.8. The van der Waals surface area contributed by atoms with E-state index in [4.69, 9.17) is 18.6 Å². The van der Waals surface area contributed by atoms with Gasteiger partial charge in [0.05, 0.1) is 7.11 Å². The number of benzene rings is 2. The van der Waals surface area contributed by atoms with Crippen LogP contribution in [-0.4, -0.2) is 30.8 Å². The second-order valence-corrected chi connectivity index (χ2v) is 9.70. The summed E-state index contributed by atoms with van der Waals surface area (Å²) in [6, 6.07) is 11.2. The molecular formula is C28H33NO7. The zero-order valence-corrected chi connectivity index (χ0v) is 21.8. The highest BCUT2D eigenvalue weighted by atomic mass is 16.6. The van der Waals surface area contributed by atoms with Gasteiger partial charge in [0.2, 0.25) is 0 Å². The van der Waals surface area contributed by atoms with Gasteiger partial charge in [0, 0.05) is 17.0 Å². The van der Waals surface area contributed by atoms with Crippen LogP contribution in [0.1, 0.15) is 46.6 Å². The normalized spacial score (nSPS) is 13.1. The Kier molecular flexibility index (Phi) is 8.07. The number of carbonyl (C=O) groups excluding carboxylic acids is 2. The summed E-state index contributed by atoms with van der Waals surface area (Å²) < 4.78 is 21.7. The fraction of sp³-hybridized carbons (Fsp3) is 0.393. The fourth-order valence-electron chi connectivity index (χ4n) is 3.74. The van der Waals surface area contributed by atoms with Crippen molar-refractivity contribution in [3.8, 4) is 22.6 Å². The summed E-state index contributed by atoms with van der Waals surface area (Å²) in [6.45, 7) is 10.7. The van der Waals surface area contributed by atoms with Gasteiger partial charge in [-0.25, -0.2) is 14.4 Å². The number of esters is 1. The van der Waals surface area contributed by atoms with Crippen LogP contribution in [0.3, 0.4) is 0 Å². The van der Waals surface area contributed by atoms with Crippen molar-refractivity contribution in [1.82, 2.24) is 5.32 Å². The molecule has 0 spiro atoms. The maximum absolute atomic E-state index is 13.1. The third kappa shape index (κ3) is 6.24. The molecule has 1 N–H and O–H groups in total. The van der Waals surface area contributed by atoms with Crippen molar-refractivity contribution in [2.45, 2.75) is 59.6 Å². The van der Waals surface area contributed by atoms with Crippen molar-refractivity contribution >= 4 is 23.0 Å². The topological polar surface area (TPSA) is 104 Å². The van der Waals surface area contributed by atoms with Gasteiger partial charge in [0.1, 0.15) is 28.7 Å². The van der Waals surface area contributed by atoms with Crippen molar-refractivity contribution < 1.29 is 28.2 Å². The minimum Gasteiger partial charge on any atom is -0.497 e. The van der Waals surface area contributed by atoms with E-state index in [1.165, 1.54) is 6.07 Å². The molecular weight excluding hydrogens is 462 g/mol. The van der Waals surface area contributed by atoms with E-state index in [9.17, 15) is 14.4 Å². The average molecular weight is 496 g/mol. The predicted octanol–water partition coefficient (Wildman–Crippen LogP) is 5.62. The molecule has 0 unspecified atom stereocenters. The summed E-state index contributed by atoms with van der Waals surface area (Å²) in [6.07, 6.45) is -0.0677. The Balaban J connectivity index is 1.94. The molecule has 192 valence electrons. The minimum absolute atomic E-state index is 0.203. The van der Waals surface area contributed by atoms with Crippen LogP contribution < -0.4 is 20.4 Å². The van der Waals surface area contributed by atoms with Crippen LogP contribution in [-0.2, 0) is 9.53 Å². The molecule has 8 nitrogen and oxygen atoms in total. The number of methoxy groups -OCH3 is 1. The second-order valence-electron chi connectivity index (χ2n) is 9.70. The summed E-state index contributed by atoms with van der Waals surface area (Å²) in [7, 11) is 1.59. The van der Waals surface area contributed by atoms with Gasteiger partial charge in [-0.2, -0.15) is 0 Å². The van der Waals surface area contributed by atoms with Crippen LogP contribution in [0.25, 0.3) is 22.1 Å². The molecule has 0 saturated carbocycles. The summed E-state index contributed by atoms with van der Waals surface area (Å²) in [4.78, 5) is 37.9. The standard InChI is InChI=1S/C28H33NO7/c1-8-16(2)24(29-27(32)36-28(4,5)6)26(31)34-22-14-13-20-21(15-23(30)35-25(20)17(22)3)18-9-11-19(33-7)12-10-18/h9-16,24H,8H2,1-7H3,(H,29,32)/t16-,24+/m1/s1. The van der Waals surface area contributed by atoms with Crippen molar-refractivity contribution in [1.29, 1.82) is 0 Å². The minimum atomic E-state index is -0.919. The van der Waals surface area contributed by atoms with Gasteiger partial charge in [0.25, 0.3) is 0 Å². The first-order valence-corrected chi connectivity index (χ1v) is 11.9. The Morgan fingerprint density at radius 3 is 2.33 bits per heavy atom. The Morgan fingerprint density at radius 2 is 1.75 bits per heavy atom. The molecule has 0 saturated heterocycles. The predicted molar refractivity (Wildman–Crippen MR) is 137 cm³/mol. The van der Waals surface area contributed by atoms with Gasteiger partial charge in [-0.1, -0.05) is 32.4 Å². The van der Waals surface area contributed by atoms with E-state index in [1.807, 2.05) is 38.1 Å². The lowest BCUT2D eigenvalue weighted by Gasteiger charge is -2.25. The molecule has 0 aliphatic heterocycles. The number of hydrogen-bond acceptors (Lipinski definition) is 7. The molecule has 0 radical (unpaired) electrons. The van der Waals surface area contributed by atoms with Crippen molar-refractivity contribution in [2.75, 3.05) is 7.11 Å². The van der Waals surface area contributed by atoms with Gasteiger partial charge in [-0.15, -0.1) is 0 Å². The molecule has 1 aromatic heterocycles. The van der Waals surface area contributed by atoms with Gasteiger partial charge >= 0.3 is 17.7 Å². The molecule has 8 heteroatoms. The zero-order chi connectivity index (χ0) is 26.6. The van der Waals surface area contributed by atoms with Gasteiger partial charge in [-0.3, -0.25) is 0 Å². The molecule has 2 aromatic carbocycles. The number of hydrogen-bond donors (Lipinski definition) is 1. The number of nitrogens with one attached hydrogen (secondary N) is 1. The lowest BCUT2D eigenvalue weighted by atomic mass is 9.99.